The summed E-state index contributed by atoms with van der Waals surface area (Å²) in [5.74, 6) is 0.816. The maximum Gasteiger partial charge on any atom is 0.211 e. The predicted molar refractivity (Wildman–Crippen MR) is 85.3 cm³/mol. The van der Waals surface area contributed by atoms with E-state index < -0.39 is 0 Å². The summed E-state index contributed by atoms with van der Waals surface area (Å²) in [7, 11) is 4.09. The van der Waals surface area contributed by atoms with Gasteiger partial charge >= 0.3 is 0 Å². The van der Waals surface area contributed by atoms with Gasteiger partial charge in [-0.1, -0.05) is 30.3 Å². The fraction of sp³-hybridized carbons (Fsp3) is 0.111. The minimum Gasteiger partial charge on any atom is -0.453 e. The highest BCUT2D eigenvalue weighted by Gasteiger charge is 2.16. The molecule has 3 heteroatoms. The molecule has 0 radical (unpaired) electrons. The fourth-order valence-corrected chi connectivity index (χ4v) is 2.75. The van der Waals surface area contributed by atoms with Gasteiger partial charge in [0.1, 0.15) is 25.3 Å². The Bertz CT molecular complexity index is 1010. The minimum absolute atomic E-state index is 0.810. The molecule has 1 heterocycles. The van der Waals surface area contributed by atoms with Crippen LogP contribution in [0.2, 0.25) is 0 Å². The Balaban J connectivity index is 2.31. The van der Waals surface area contributed by atoms with Crippen molar-refractivity contribution in [1.29, 1.82) is 0 Å². The zero-order valence-electron chi connectivity index (χ0n) is 12.0. The molecule has 0 atom stereocenters. The van der Waals surface area contributed by atoms with Gasteiger partial charge in [-0.05, 0) is 18.2 Å². The second-order valence-electron chi connectivity index (χ2n) is 5.36. The first-order chi connectivity index (χ1) is 10.2. The molecule has 1 aliphatic heterocycles. The Morgan fingerprint density at radius 3 is 2.43 bits per heavy atom. The van der Waals surface area contributed by atoms with E-state index in [9.17, 15) is 0 Å². The van der Waals surface area contributed by atoms with Crippen LogP contribution in [0.1, 0.15) is 0 Å². The third-order valence-corrected chi connectivity index (χ3v) is 3.76. The number of aromatic nitrogens is 1. The maximum atomic E-state index is 6.06. The summed E-state index contributed by atoms with van der Waals surface area (Å²) >= 11 is 0. The van der Waals surface area contributed by atoms with Gasteiger partial charge in [0.2, 0.25) is 5.36 Å². The lowest BCUT2D eigenvalue weighted by Gasteiger charge is -2.09. The molecule has 1 aliphatic carbocycles. The number of nitrogens with zero attached hydrogens (tertiary/aromatic N) is 2. The van der Waals surface area contributed by atoms with Crippen LogP contribution in [0.3, 0.4) is 0 Å². The number of rotatable bonds is 0. The monoisotopic (exact) mass is 275 g/mol. The molecule has 0 saturated carbocycles. The van der Waals surface area contributed by atoms with Crippen molar-refractivity contribution in [3.63, 3.8) is 0 Å². The van der Waals surface area contributed by atoms with Crippen LogP contribution in [0, 0.1) is 0 Å². The van der Waals surface area contributed by atoms with Crippen molar-refractivity contribution in [3.05, 3.63) is 60.0 Å². The lowest BCUT2D eigenvalue weighted by atomic mass is 10.0. The van der Waals surface area contributed by atoms with E-state index in [1.54, 1.807) is 0 Å². The Labute approximate surface area is 122 Å². The molecule has 4 rings (SSSR count). The number of fused-ring (bicyclic) bond motifs is 4. The third-order valence-electron chi connectivity index (χ3n) is 3.76. The minimum atomic E-state index is 0.810. The van der Waals surface area contributed by atoms with Gasteiger partial charge in [-0.3, -0.25) is 0 Å². The van der Waals surface area contributed by atoms with E-state index >= 15 is 0 Å². The predicted octanol–water partition coefficient (Wildman–Crippen LogP) is 3.12. The largest absolute Gasteiger partial charge is 0.453 e. The van der Waals surface area contributed by atoms with Crippen molar-refractivity contribution >= 4 is 21.9 Å². The summed E-state index contributed by atoms with van der Waals surface area (Å²) in [6.07, 6.45) is 0. The van der Waals surface area contributed by atoms with Gasteiger partial charge in [0, 0.05) is 5.39 Å². The Kier molecular flexibility index (Phi) is 2.54. The van der Waals surface area contributed by atoms with Gasteiger partial charge < -0.3 is 4.42 Å². The van der Waals surface area contributed by atoms with Crippen LogP contribution in [0.5, 0.6) is 0 Å². The molecule has 0 aromatic heterocycles. The molecular weight excluding hydrogens is 260 g/mol. The first kappa shape index (κ1) is 12.1. The molecule has 0 saturated heterocycles. The number of benzene rings is 3. The molecule has 102 valence electrons. The Hall–Kier alpha value is -2.68. The first-order valence-corrected chi connectivity index (χ1v) is 6.96. The molecule has 0 fully saturated rings. The number of hydrogen-bond donors (Lipinski definition) is 0. The summed E-state index contributed by atoms with van der Waals surface area (Å²) in [6.45, 7) is 0. The molecule has 2 aliphatic rings. The van der Waals surface area contributed by atoms with Gasteiger partial charge in [0.05, 0.1) is 11.5 Å². The molecule has 3 nitrogen and oxygen atoms in total. The van der Waals surface area contributed by atoms with Crippen molar-refractivity contribution < 1.29 is 4.42 Å². The molecule has 0 unspecified atom stereocenters. The van der Waals surface area contributed by atoms with Crippen molar-refractivity contribution in [2.75, 3.05) is 14.1 Å². The molecule has 0 amide bonds. The average Bonchev–Trinajstić information content (AvgIpc) is 2.52. The number of para-hydroxylation sites is 2. The Morgan fingerprint density at radius 1 is 0.905 bits per heavy atom. The lowest BCUT2D eigenvalue weighted by Crippen LogP contribution is -2.22. The van der Waals surface area contributed by atoms with Gasteiger partial charge in [-0.15, -0.1) is 0 Å². The summed E-state index contributed by atoms with van der Waals surface area (Å²) in [6, 6.07) is 18.3. The molecular formula is C18H15N2O+. The van der Waals surface area contributed by atoms with Crippen LogP contribution in [-0.4, -0.2) is 19.1 Å². The molecule has 0 N–H and O–H groups in total. The van der Waals surface area contributed by atoms with Crippen LogP contribution in [-0.2, 0) is 0 Å². The lowest BCUT2D eigenvalue weighted by molar-refractivity contribution is 0.612. The Morgan fingerprint density at radius 2 is 1.62 bits per heavy atom. The van der Waals surface area contributed by atoms with E-state index in [0.29, 0.717) is 0 Å². The van der Waals surface area contributed by atoms with Gasteiger partial charge in [-0.2, -0.15) is 0 Å². The molecule has 21 heavy (non-hydrogen) atoms. The van der Waals surface area contributed by atoms with E-state index in [1.807, 2.05) is 44.4 Å². The van der Waals surface area contributed by atoms with Gasteiger partial charge in [0.25, 0.3) is 0 Å². The van der Waals surface area contributed by atoms with Crippen LogP contribution >= 0.6 is 0 Å². The quantitative estimate of drug-likeness (QED) is 0.280. The van der Waals surface area contributed by atoms with E-state index in [-0.39, 0.29) is 0 Å². The molecule has 2 aromatic rings. The summed E-state index contributed by atoms with van der Waals surface area (Å²) in [5, 5.41) is 3.44. The third kappa shape index (κ3) is 1.82. The topological polar surface area (TPSA) is 29.0 Å². The highest BCUT2D eigenvalue weighted by atomic mass is 16.3. The van der Waals surface area contributed by atoms with E-state index in [2.05, 4.69) is 28.8 Å². The highest BCUT2D eigenvalue weighted by Crippen LogP contribution is 2.29. The van der Waals surface area contributed by atoms with Gasteiger partial charge in [0.15, 0.2) is 11.3 Å². The molecule has 0 bridgehead atoms. The van der Waals surface area contributed by atoms with Gasteiger partial charge in [-0.25, -0.2) is 9.56 Å². The zero-order chi connectivity index (χ0) is 14.4. The first-order valence-electron chi connectivity index (χ1n) is 6.96. The molecule has 2 aromatic carbocycles. The standard InChI is InChI=1S/C18H15N2O/c1-20(2)15-11-17-18(13-8-4-3-7-12(13)15)19-14-9-5-6-10-16(14)21-17/h3-11H,1-2H3/q+1. The van der Waals surface area contributed by atoms with E-state index in [0.717, 1.165) is 33.3 Å². The molecule has 0 spiro atoms. The van der Waals surface area contributed by atoms with Crippen LogP contribution in [0.15, 0.2) is 59.0 Å². The summed E-state index contributed by atoms with van der Waals surface area (Å²) < 4.78 is 8.16. The van der Waals surface area contributed by atoms with E-state index in [4.69, 9.17) is 9.40 Å². The normalized spacial score (nSPS) is 11.3. The second-order valence-corrected chi connectivity index (χ2v) is 5.36. The average molecular weight is 275 g/mol. The summed E-state index contributed by atoms with van der Waals surface area (Å²) in [5.41, 5.74) is 2.60. The van der Waals surface area contributed by atoms with Crippen molar-refractivity contribution in [2.24, 2.45) is 0 Å². The van der Waals surface area contributed by atoms with Crippen molar-refractivity contribution in [1.82, 2.24) is 9.56 Å². The summed E-state index contributed by atoms with van der Waals surface area (Å²) in [4.78, 5) is 4.79. The van der Waals surface area contributed by atoms with E-state index in [1.165, 1.54) is 5.39 Å². The second kappa shape index (κ2) is 4.42. The smallest absolute Gasteiger partial charge is 0.211 e. The van der Waals surface area contributed by atoms with Crippen molar-refractivity contribution in [3.8, 4) is 11.5 Å². The maximum absolute atomic E-state index is 6.06. The number of hydrogen-bond acceptors (Lipinski definition) is 2. The van der Waals surface area contributed by atoms with Crippen LogP contribution < -0.4 is 9.93 Å². The van der Waals surface area contributed by atoms with Crippen molar-refractivity contribution in [2.45, 2.75) is 0 Å². The highest BCUT2D eigenvalue weighted by molar-refractivity contribution is 5.96. The van der Waals surface area contributed by atoms with Crippen LogP contribution in [0.25, 0.3) is 33.3 Å². The SMILES string of the molecule is C[N+](C)=c1cc2oc3ccccc3nc-2c2ccccc12. The zero-order valence-corrected chi connectivity index (χ0v) is 12.0. The fourth-order valence-electron chi connectivity index (χ4n) is 2.75. The van der Waals surface area contributed by atoms with Crippen LogP contribution in [0.4, 0.5) is 0 Å².